The van der Waals surface area contributed by atoms with Gasteiger partial charge in [0, 0.05) is 17.6 Å². The van der Waals surface area contributed by atoms with Gasteiger partial charge in [0.2, 0.25) is 0 Å². The number of hydrogen-bond acceptors (Lipinski definition) is 3. The summed E-state index contributed by atoms with van der Waals surface area (Å²) in [5.41, 5.74) is 4.39. The first-order valence-corrected chi connectivity index (χ1v) is 6.54. The van der Waals surface area contributed by atoms with Crippen molar-refractivity contribution in [1.29, 1.82) is 0 Å². The van der Waals surface area contributed by atoms with Crippen molar-refractivity contribution in [1.82, 2.24) is 0 Å². The zero-order chi connectivity index (χ0) is 16.3. The molecule has 4 N–H and O–H groups in total. The summed E-state index contributed by atoms with van der Waals surface area (Å²) in [4.78, 5) is 0. The number of benzene rings is 1. The summed E-state index contributed by atoms with van der Waals surface area (Å²) in [5.74, 6) is 0.0661. The molecule has 0 unspecified atom stereocenters. The lowest BCUT2D eigenvalue weighted by Gasteiger charge is -2.23. The SMILES string of the molecule is CC(C)(CCNc1ccc(Cl)c(C(F)(F)F)c1)C(N)=NO. The highest BCUT2D eigenvalue weighted by Crippen LogP contribution is 2.36. The zero-order valence-electron chi connectivity index (χ0n) is 11.6. The molecule has 0 aliphatic rings. The van der Waals surface area contributed by atoms with Crippen molar-refractivity contribution < 1.29 is 18.4 Å². The second-order valence-electron chi connectivity index (χ2n) is 5.24. The van der Waals surface area contributed by atoms with Crippen LogP contribution in [0.25, 0.3) is 0 Å². The first-order chi connectivity index (χ1) is 9.58. The summed E-state index contributed by atoms with van der Waals surface area (Å²) in [6.07, 6.45) is -4.02. The van der Waals surface area contributed by atoms with E-state index < -0.39 is 17.2 Å². The van der Waals surface area contributed by atoms with E-state index in [1.54, 1.807) is 13.8 Å². The summed E-state index contributed by atoms with van der Waals surface area (Å²) in [6.45, 7) is 3.90. The van der Waals surface area contributed by atoms with E-state index in [0.29, 0.717) is 18.7 Å². The molecule has 1 aromatic rings. The van der Waals surface area contributed by atoms with Gasteiger partial charge < -0.3 is 16.3 Å². The molecular weight excluding hydrogens is 307 g/mol. The second-order valence-corrected chi connectivity index (χ2v) is 5.65. The van der Waals surface area contributed by atoms with Crippen molar-refractivity contribution in [3.8, 4) is 0 Å². The number of hydrogen-bond donors (Lipinski definition) is 3. The Labute approximate surface area is 125 Å². The number of nitrogens with two attached hydrogens (primary N) is 1. The molecule has 0 radical (unpaired) electrons. The summed E-state index contributed by atoms with van der Waals surface area (Å²) in [7, 11) is 0. The van der Waals surface area contributed by atoms with Crippen LogP contribution in [-0.4, -0.2) is 17.6 Å². The third-order valence-electron chi connectivity index (χ3n) is 3.15. The van der Waals surface area contributed by atoms with E-state index >= 15 is 0 Å². The van der Waals surface area contributed by atoms with Gasteiger partial charge in [0.05, 0.1) is 10.6 Å². The van der Waals surface area contributed by atoms with Crippen LogP contribution in [0.5, 0.6) is 0 Å². The summed E-state index contributed by atoms with van der Waals surface area (Å²) in [6, 6.07) is 3.62. The Kier molecular flexibility index (Phi) is 5.33. The lowest BCUT2D eigenvalue weighted by Crippen LogP contribution is -2.33. The van der Waals surface area contributed by atoms with Crippen molar-refractivity contribution in [3.63, 3.8) is 0 Å². The number of amidine groups is 1. The molecule has 0 fully saturated rings. The van der Waals surface area contributed by atoms with Crippen LogP contribution in [0.3, 0.4) is 0 Å². The van der Waals surface area contributed by atoms with Gasteiger partial charge in [-0.3, -0.25) is 0 Å². The molecule has 0 aliphatic carbocycles. The number of alkyl halides is 3. The fraction of sp³-hybridized carbons (Fsp3) is 0.462. The molecule has 118 valence electrons. The molecule has 0 saturated carbocycles. The highest BCUT2D eigenvalue weighted by molar-refractivity contribution is 6.31. The fourth-order valence-electron chi connectivity index (χ4n) is 1.64. The lowest BCUT2D eigenvalue weighted by atomic mass is 9.88. The Hall–Kier alpha value is -1.63. The first kappa shape index (κ1) is 17.4. The van der Waals surface area contributed by atoms with E-state index in [1.807, 2.05) is 0 Å². The average molecular weight is 324 g/mol. The molecule has 0 bridgehead atoms. The monoisotopic (exact) mass is 323 g/mol. The standard InChI is InChI=1S/C13H17ClF3N3O/c1-12(2,11(18)20-21)5-6-19-8-3-4-10(14)9(7-8)13(15,16)17/h3-4,7,19,21H,5-6H2,1-2H3,(H2,18,20). The Morgan fingerprint density at radius 2 is 2.00 bits per heavy atom. The fourth-order valence-corrected chi connectivity index (χ4v) is 1.86. The molecule has 1 rings (SSSR count). The van der Waals surface area contributed by atoms with Crippen LogP contribution < -0.4 is 11.1 Å². The maximum atomic E-state index is 12.7. The third-order valence-corrected chi connectivity index (χ3v) is 3.48. The zero-order valence-corrected chi connectivity index (χ0v) is 12.4. The molecule has 0 amide bonds. The smallest absolute Gasteiger partial charge is 0.409 e. The van der Waals surface area contributed by atoms with Gasteiger partial charge in [-0.05, 0) is 24.6 Å². The Balaban J connectivity index is 2.74. The highest BCUT2D eigenvalue weighted by atomic mass is 35.5. The molecule has 0 saturated heterocycles. The Bertz CT molecular complexity index is 530. The van der Waals surface area contributed by atoms with Crippen LogP contribution in [0.15, 0.2) is 23.4 Å². The molecule has 4 nitrogen and oxygen atoms in total. The van der Waals surface area contributed by atoms with Crippen molar-refractivity contribution in [2.45, 2.75) is 26.4 Å². The van der Waals surface area contributed by atoms with Gasteiger partial charge in [-0.25, -0.2) is 0 Å². The molecule has 0 spiro atoms. The average Bonchev–Trinajstić information content (AvgIpc) is 2.38. The van der Waals surface area contributed by atoms with Crippen LogP contribution >= 0.6 is 11.6 Å². The molecule has 0 heterocycles. The molecule has 1 aromatic carbocycles. The van der Waals surface area contributed by atoms with Crippen LogP contribution in [0.2, 0.25) is 5.02 Å². The van der Waals surface area contributed by atoms with Gasteiger partial charge in [-0.2, -0.15) is 13.2 Å². The van der Waals surface area contributed by atoms with Crippen molar-refractivity contribution >= 4 is 23.1 Å². The molecule has 0 atom stereocenters. The quantitative estimate of drug-likeness (QED) is 0.333. The largest absolute Gasteiger partial charge is 0.417 e. The maximum Gasteiger partial charge on any atom is 0.417 e. The molecular formula is C13H17ClF3N3O. The second kappa shape index (κ2) is 6.43. The minimum Gasteiger partial charge on any atom is -0.409 e. The van der Waals surface area contributed by atoms with E-state index in [9.17, 15) is 13.2 Å². The van der Waals surface area contributed by atoms with E-state index in [1.165, 1.54) is 12.1 Å². The molecule has 21 heavy (non-hydrogen) atoms. The number of rotatable bonds is 5. The number of nitrogens with zero attached hydrogens (tertiary/aromatic N) is 1. The van der Waals surface area contributed by atoms with Gasteiger partial charge in [-0.1, -0.05) is 30.6 Å². The third kappa shape index (κ3) is 4.70. The number of halogens is 4. The maximum absolute atomic E-state index is 12.7. The first-order valence-electron chi connectivity index (χ1n) is 6.16. The molecule has 0 aliphatic heterocycles. The number of anilines is 1. The van der Waals surface area contributed by atoms with Gasteiger partial charge in [0.15, 0.2) is 0 Å². The van der Waals surface area contributed by atoms with Gasteiger partial charge in [-0.15, -0.1) is 0 Å². The lowest BCUT2D eigenvalue weighted by molar-refractivity contribution is -0.137. The highest BCUT2D eigenvalue weighted by Gasteiger charge is 2.33. The topological polar surface area (TPSA) is 70.6 Å². The molecule has 0 aromatic heterocycles. The van der Waals surface area contributed by atoms with Crippen molar-refractivity contribution in [2.24, 2.45) is 16.3 Å². The number of oxime groups is 1. The van der Waals surface area contributed by atoms with Crippen molar-refractivity contribution in [3.05, 3.63) is 28.8 Å². The van der Waals surface area contributed by atoms with Crippen LogP contribution in [0.4, 0.5) is 18.9 Å². The predicted octanol–water partition coefficient (Wildman–Crippen LogP) is 3.93. The minimum absolute atomic E-state index is 0.0661. The van der Waals surface area contributed by atoms with Crippen LogP contribution in [0.1, 0.15) is 25.8 Å². The minimum atomic E-state index is -4.50. The predicted molar refractivity (Wildman–Crippen MR) is 76.8 cm³/mol. The van der Waals surface area contributed by atoms with Gasteiger partial charge >= 0.3 is 6.18 Å². The number of nitrogens with one attached hydrogen (secondary N) is 1. The van der Waals surface area contributed by atoms with E-state index in [2.05, 4.69) is 10.5 Å². The summed E-state index contributed by atoms with van der Waals surface area (Å²) in [5, 5.41) is 14.1. The summed E-state index contributed by atoms with van der Waals surface area (Å²) < 4.78 is 38.2. The normalized spacial score (nSPS) is 13.3. The molecule has 8 heteroatoms. The van der Waals surface area contributed by atoms with Crippen LogP contribution in [-0.2, 0) is 6.18 Å². The Morgan fingerprint density at radius 1 is 1.38 bits per heavy atom. The van der Waals surface area contributed by atoms with E-state index in [0.717, 1.165) is 6.07 Å². The van der Waals surface area contributed by atoms with Crippen molar-refractivity contribution in [2.75, 3.05) is 11.9 Å². The summed E-state index contributed by atoms with van der Waals surface area (Å²) >= 11 is 5.54. The van der Waals surface area contributed by atoms with E-state index in [-0.39, 0.29) is 10.9 Å². The van der Waals surface area contributed by atoms with Gasteiger partial charge in [0.25, 0.3) is 0 Å². The van der Waals surface area contributed by atoms with Gasteiger partial charge in [0.1, 0.15) is 5.84 Å². The van der Waals surface area contributed by atoms with E-state index in [4.69, 9.17) is 22.5 Å². The Morgan fingerprint density at radius 3 is 2.52 bits per heavy atom. The van der Waals surface area contributed by atoms with Crippen LogP contribution in [0, 0.1) is 5.41 Å².